The number of ether oxygens (including phenoxy) is 1. The van der Waals surface area contributed by atoms with Crippen LogP contribution in [-0.4, -0.2) is 48.1 Å². The first-order valence-electron chi connectivity index (χ1n) is 6.18. The number of imidazole rings is 1. The number of sulfonamides is 1. The highest BCUT2D eigenvalue weighted by atomic mass is 32.2. The maximum atomic E-state index is 12.0. The number of aromatic amines is 1. The molecule has 1 atom stereocenters. The summed E-state index contributed by atoms with van der Waals surface area (Å²) in [4.78, 5) is 28.5. The molecule has 21 heavy (non-hydrogen) atoms. The average Bonchev–Trinajstić information content (AvgIpc) is 2.82. The Morgan fingerprint density at radius 1 is 1.52 bits per heavy atom. The predicted molar refractivity (Wildman–Crippen MR) is 70.9 cm³/mol. The van der Waals surface area contributed by atoms with Gasteiger partial charge in [-0.25, -0.2) is 13.4 Å². The minimum absolute atomic E-state index is 0.176. The molecular formula is C11H17N3O6S. The Hall–Kier alpha value is -1.94. The van der Waals surface area contributed by atoms with E-state index in [1.54, 1.807) is 13.8 Å². The number of aliphatic carboxylic acids is 1. The van der Waals surface area contributed by atoms with Crippen LogP contribution in [0.15, 0.2) is 11.2 Å². The van der Waals surface area contributed by atoms with Gasteiger partial charge in [0, 0.05) is 6.42 Å². The molecule has 0 saturated carbocycles. The van der Waals surface area contributed by atoms with Crippen LogP contribution >= 0.6 is 0 Å². The van der Waals surface area contributed by atoms with Gasteiger partial charge >= 0.3 is 11.9 Å². The van der Waals surface area contributed by atoms with Crippen molar-refractivity contribution in [3.8, 4) is 0 Å². The van der Waals surface area contributed by atoms with E-state index in [0.29, 0.717) is 5.82 Å². The summed E-state index contributed by atoms with van der Waals surface area (Å²) in [6.45, 7) is 3.36. The highest BCUT2D eigenvalue weighted by molar-refractivity contribution is 7.89. The van der Waals surface area contributed by atoms with Crippen LogP contribution in [0.5, 0.6) is 0 Å². The van der Waals surface area contributed by atoms with E-state index in [4.69, 9.17) is 5.11 Å². The molecule has 1 aromatic rings. The van der Waals surface area contributed by atoms with Crippen molar-refractivity contribution in [2.24, 2.45) is 0 Å². The van der Waals surface area contributed by atoms with Gasteiger partial charge in [-0.3, -0.25) is 9.59 Å². The fraction of sp³-hybridized carbons (Fsp3) is 0.545. The number of nitrogens with zero attached hydrogens (tertiary/aromatic N) is 1. The molecule has 0 spiro atoms. The number of hydrogen-bond donors (Lipinski definition) is 3. The number of carboxylic acids is 1. The fourth-order valence-corrected chi connectivity index (χ4v) is 2.71. The van der Waals surface area contributed by atoms with E-state index in [9.17, 15) is 18.0 Å². The van der Waals surface area contributed by atoms with E-state index >= 15 is 0 Å². The first-order chi connectivity index (χ1) is 9.76. The maximum absolute atomic E-state index is 12.0. The Morgan fingerprint density at radius 2 is 2.19 bits per heavy atom. The molecule has 0 aromatic carbocycles. The van der Waals surface area contributed by atoms with Crippen molar-refractivity contribution in [2.75, 3.05) is 6.61 Å². The quantitative estimate of drug-likeness (QED) is 0.563. The first kappa shape index (κ1) is 17.1. The molecule has 0 radical (unpaired) electrons. The van der Waals surface area contributed by atoms with E-state index < -0.39 is 28.0 Å². The molecule has 9 nitrogen and oxygen atoms in total. The summed E-state index contributed by atoms with van der Waals surface area (Å²) < 4.78 is 30.6. The number of H-pyrrole nitrogens is 1. The van der Waals surface area contributed by atoms with Crippen LogP contribution in [0.4, 0.5) is 0 Å². The van der Waals surface area contributed by atoms with E-state index in [-0.39, 0.29) is 24.5 Å². The molecule has 0 bridgehead atoms. The topological polar surface area (TPSA) is 138 Å². The largest absolute Gasteiger partial charge is 0.480 e. The highest BCUT2D eigenvalue weighted by Gasteiger charge is 2.27. The third-order valence-corrected chi connectivity index (χ3v) is 3.89. The molecule has 1 heterocycles. The van der Waals surface area contributed by atoms with E-state index in [0.717, 1.165) is 6.20 Å². The SMILES string of the molecule is CCOC(=O)CC[C@H](NS(=O)(=O)c1cnc(C)[nH]1)C(=O)O. The number of carboxylic acid groups (broad SMARTS) is 1. The molecule has 0 aliphatic heterocycles. The first-order valence-corrected chi connectivity index (χ1v) is 7.67. The second kappa shape index (κ2) is 7.18. The van der Waals surface area contributed by atoms with Crippen molar-refractivity contribution in [1.82, 2.24) is 14.7 Å². The van der Waals surface area contributed by atoms with Gasteiger partial charge in [-0.2, -0.15) is 4.72 Å². The monoisotopic (exact) mass is 319 g/mol. The summed E-state index contributed by atoms with van der Waals surface area (Å²) >= 11 is 0. The van der Waals surface area contributed by atoms with E-state index in [2.05, 4.69) is 14.7 Å². The number of nitrogens with one attached hydrogen (secondary N) is 2. The minimum Gasteiger partial charge on any atom is -0.480 e. The van der Waals surface area contributed by atoms with Gasteiger partial charge in [-0.1, -0.05) is 0 Å². The van der Waals surface area contributed by atoms with Crippen LogP contribution < -0.4 is 4.72 Å². The molecule has 1 aromatic heterocycles. The fourth-order valence-electron chi connectivity index (χ4n) is 1.51. The number of esters is 1. The van der Waals surface area contributed by atoms with Crippen molar-refractivity contribution >= 4 is 22.0 Å². The standard InChI is InChI=1S/C11H17N3O6S/c1-3-20-10(15)5-4-8(11(16)17)14-21(18,19)9-6-12-7(2)13-9/h6,8,14H,3-5H2,1-2H3,(H,12,13)(H,16,17)/t8-/m0/s1. The zero-order chi connectivity index (χ0) is 16.0. The van der Waals surface area contributed by atoms with Gasteiger partial charge < -0.3 is 14.8 Å². The van der Waals surface area contributed by atoms with Gasteiger partial charge in [0.15, 0.2) is 5.03 Å². The molecule has 1 rings (SSSR count). The molecule has 0 amide bonds. The lowest BCUT2D eigenvalue weighted by Gasteiger charge is -2.13. The van der Waals surface area contributed by atoms with Crippen LogP contribution in [0.1, 0.15) is 25.6 Å². The Labute approximate surface area is 121 Å². The summed E-state index contributed by atoms with van der Waals surface area (Å²) in [6, 6.07) is -1.43. The van der Waals surface area contributed by atoms with Crippen molar-refractivity contribution in [1.29, 1.82) is 0 Å². The van der Waals surface area contributed by atoms with Crippen molar-refractivity contribution in [3.63, 3.8) is 0 Å². The van der Waals surface area contributed by atoms with Gasteiger partial charge in [0.25, 0.3) is 10.0 Å². The molecule has 0 saturated heterocycles. The van der Waals surface area contributed by atoms with Crippen LogP contribution in [0, 0.1) is 6.92 Å². The molecule has 10 heteroatoms. The normalized spacial score (nSPS) is 12.9. The Bertz CT molecular complexity index is 609. The number of carbonyl (C=O) groups is 2. The van der Waals surface area contributed by atoms with Gasteiger partial charge in [0.2, 0.25) is 0 Å². The Morgan fingerprint density at radius 3 is 2.67 bits per heavy atom. The molecule has 3 N–H and O–H groups in total. The summed E-state index contributed by atoms with van der Waals surface area (Å²) in [5, 5.41) is 8.79. The summed E-state index contributed by atoms with van der Waals surface area (Å²) in [5.74, 6) is -1.58. The van der Waals surface area contributed by atoms with Crippen molar-refractivity contribution in [3.05, 3.63) is 12.0 Å². The smallest absolute Gasteiger partial charge is 0.321 e. The van der Waals surface area contributed by atoms with Crippen LogP contribution in [0.2, 0.25) is 0 Å². The lowest BCUT2D eigenvalue weighted by molar-refractivity contribution is -0.144. The Balaban J connectivity index is 2.74. The third-order valence-electron chi connectivity index (χ3n) is 2.51. The molecule has 0 unspecified atom stereocenters. The maximum Gasteiger partial charge on any atom is 0.321 e. The number of aryl methyl sites for hydroxylation is 1. The lowest BCUT2D eigenvalue weighted by atomic mass is 10.2. The molecule has 118 valence electrons. The van der Waals surface area contributed by atoms with Crippen LogP contribution in [0.3, 0.4) is 0 Å². The van der Waals surface area contributed by atoms with Gasteiger partial charge in [0.05, 0.1) is 12.8 Å². The Kier molecular flexibility index (Phi) is 5.85. The molecule has 0 aliphatic rings. The number of rotatable bonds is 8. The van der Waals surface area contributed by atoms with Crippen LogP contribution in [0.25, 0.3) is 0 Å². The second-order valence-corrected chi connectivity index (χ2v) is 5.87. The number of aromatic nitrogens is 2. The van der Waals surface area contributed by atoms with Gasteiger partial charge in [0.1, 0.15) is 11.9 Å². The predicted octanol–water partition coefficient (Wildman–Crippen LogP) is -0.207. The van der Waals surface area contributed by atoms with Gasteiger partial charge in [-0.15, -0.1) is 0 Å². The van der Waals surface area contributed by atoms with Crippen molar-refractivity contribution < 1.29 is 27.9 Å². The summed E-state index contributed by atoms with van der Waals surface area (Å²) in [5.41, 5.74) is 0. The average molecular weight is 319 g/mol. The third kappa shape index (κ3) is 5.16. The van der Waals surface area contributed by atoms with E-state index in [1.165, 1.54) is 0 Å². The zero-order valence-electron chi connectivity index (χ0n) is 11.6. The van der Waals surface area contributed by atoms with Crippen molar-refractivity contribution in [2.45, 2.75) is 37.8 Å². The van der Waals surface area contributed by atoms with Gasteiger partial charge in [-0.05, 0) is 20.3 Å². The lowest BCUT2D eigenvalue weighted by Crippen LogP contribution is -2.41. The summed E-state index contributed by atoms with van der Waals surface area (Å²) in [6.07, 6.45) is 0.678. The molecular weight excluding hydrogens is 302 g/mol. The summed E-state index contributed by atoms with van der Waals surface area (Å²) in [7, 11) is -4.04. The van der Waals surface area contributed by atoms with Crippen LogP contribution in [-0.2, 0) is 24.3 Å². The number of carbonyl (C=O) groups excluding carboxylic acids is 1. The highest BCUT2D eigenvalue weighted by Crippen LogP contribution is 2.08. The zero-order valence-corrected chi connectivity index (χ0v) is 12.4. The molecule has 0 aliphatic carbocycles. The van der Waals surface area contributed by atoms with E-state index in [1.807, 2.05) is 4.72 Å². The number of hydrogen-bond acceptors (Lipinski definition) is 6. The molecule has 0 fully saturated rings. The second-order valence-electron chi connectivity index (χ2n) is 4.19. The minimum atomic E-state index is -4.04.